The first-order valence-corrected chi connectivity index (χ1v) is 13.7. The molecule has 0 saturated heterocycles. The van der Waals surface area contributed by atoms with E-state index in [1.807, 2.05) is 12.1 Å². The second kappa shape index (κ2) is 10.8. The topological polar surface area (TPSA) is 66.5 Å². The van der Waals surface area contributed by atoms with Crippen molar-refractivity contribution in [3.63, 3.8) is 0 Å². The number of rotatable bonds is 6. The maximum absolute atomic E-state index is 13.7. The fraction of sp³-hybridized carbons (Fsp3) is 0.241. The van der Waals surface area contributed by atoms with Crippen molar-refractivity contribution < 1.29 is 13.8 Å². The Labute approximate surface area is 218 Å². The first-order chi connectivity index (χ1) is 17.5. The normalized spacial score (nSPS) is 17.0. The Balaban J connectivity index is 1.47. The lowest BCUT2D eigenvalue weighted by Gasteiger charge is -2.23. The number of hydrogen-bond donors (Lipinski definition) is 1. The third kappa shape index (κ3) is 5.15. The van der Waals surface area contributed by atoms with Crippen LogP contribution in [-0.4, -0.2) is 22.6 Å². The van der Waals surface area contributed by atoms with E-state index in [0.717, 1.165) is 24.8 Å². The fourth-order valence-electron chi connectivity index (χ4n) is 4.70. The SMILES string of the molecule is O=C(NCCC1=CCCCC1)c1ccc2c(c1)N(Cc1ccc(Cl)cc1)C(=O)c1ccccc1[S@@]2=O. The molecule has 3 aromatic rings. The number of fused-ring (bicyclic) bond motifs is 2. The Hall–Kier alpha value is -3.22. The molecule has 7 heteroatoms. The molecule has 1 aliphatic carbocycles. The highest BCUT2D eigenvalue weighted by atomic mass is 35.5. The molecular formula is C29H27ClN2O3S. The summed E-state index contributed by atoms with van der Waals surface area (Å²) in [7, 11) is -1.56. The van der Waals surface area contributed by atoms with Crippen LogP contribution in [0.25, 0.3) is 0 Å². The van der Waals surface area contributed by atoms with Crippen molar-refractivity contribution in [1.82, 2.24) is 5.32 Å². The van der Waals surface area contributed by atoms with Crippen molar-refractivity contribution in [2.45, 2.75) is 48.4 Å². The Morgan fingerprint density at radius 2 is 1.81 bits per heavy atom. The highest BCUT2D eigenvalue weighted by Gasteiger charge is 2.31. The largest absolute Gasteiger partial charge is 0.352 e. The van der Waals surface area contributed by atoms with Crippen LogP contribution in [0.3, 0.4) is 0 Å². The second-order valence-corrected chi connectivity index (χ2v) is 10.9. The molecule has 0 unspecified atom stereocenters. The van der Waals surface area contributed by atoms with Gasteiger partial charge in [0.15, 0.2) is 0 Å². The maximum atomic E-state index is 13.7. The van der Waals surface area contributed by atoms with Gasteiger partial charge in [0, 0.05) is 17.1 Å². The van der Waals surface area contributed by atoms with Crippen molar-refractivity contribution in [2.24, 2.45) is 0 Å². The number of carbonyl (C=O) groups is 2. The molecule has 5 nitrogen and oxygen atoms in total. The van der Waals surface area contributed by atoms with Gasteiger partial charge in [-0.2, -0.15) is 0 Å². The lowest BCUT2D eigenvalue weighted by atomic mass is 9.97. The van der Waals surface area contributed by atoms with E-state index in [-0.39, 0.29) is 18.4 Å². The summed E-state index contributed by atoms with van der Waals surface area (Å²) >= 11 is 6.05. The van der Waals surface area contributed by atoms with Crippen molar-refractivity contribution in [2.75, 3.05) is 11.4 Å². The number of carbonyl (C=O) groups excluding carboxylic acids is 2. The summed E-state index contributed by atoms with van der Waals surface area (Å²) in [6.45, 7) is 0.820. The molecule has 36 heavy (non-hydrogen) atoms. The minimum atomic E-state index is -1.56. The van der Waals surface area contributed by atoms with Crippen molar-refractivity contribution in [3.05, 3.63) is 100 Å². The molecule has 2 aliphatic rings. The van der Waals surface area contributed by atoms with Crippen LogP contribution in [0, 0.1) is 0 Å². The van der Waals surface area contributed by atoms with Gasteiger partial charge in [-0.25, -0.2) is 4.21 Å². The molecule has 0 spiro atoms. The van der Waals surface area contributed by atoms with Gasteiger partial charge in [-0.1, -0.05) is 47.5 Å². The number of nitrogens with zero attached hydrogens (tertiary/aromatic N) is 1. The highest BCUT2D eigenvalue weighted by Crippen LogP contribution is 2.36. The first kappa shape index (κ1) is 24.5. The monoisotopic (exact) mass is 518 g/mol. The molecule has 1 heterocycles. The third-order valence-electron chi connectivity index (χ3n) is 6.64. The van der Waals surface area contributed by atoms with Crippen LogP contribution in [0.2, 0.25) is 5.02 Å². The molecule has 1 N–H and O–H groups in total. The van der Waals surface area contributed by atoms with Crippen molar-refractivity contribution in [1.29, 1.82) is 0 Å². The van der Waals surface area contributed by atoms with E-state index in [1.54, 1.807) is 59.5 Å². The van der Waals surface area contributed by atoms with E-state index < -0.39 is 10.8 Å². The summed E-state index contributed by atoms with van der Waals surface area (Å²) < 4.78 is 13.6. The second-order valence-electron chi connectivity index (χ2n) is 9.08. The van der Waals surface area contributed by atoms with Gasteiger partial charge in [0.25, 0.3) is 11.8 Å². The van der Waals surface area contributed by atoms with Gasteiger partial charge >= 0.3 is 0 Å². The van der Waals surface area contributed by atoms with E-state index in [2.05, 4.69) is 11.4 Å². The summed E-state index contributed by atoms with van der Waals surface area (Å²) in [4.78, 5) is 29.3. The predicted molar refractivity (Wildman–Crippen MR) is 143 cm³/mol. The Kier molecular flexibility index (Phi) is 7.35. The van der Waals surface area contributed by atoms with E-state index in [0.29, 0.717) is 38.2 Å². The summed E-state index contributed by atoms with van der Waals surface area (Å²) in [5.74, 6) is -0.463. The molecule has 1 aliphatic heterocycles. The first-order valence-electron chi connectivity index (χ1n) is 12.2. The standard InChI is InChI=1S/C29H27ClN2O3S/c30-23-13-10-21(11-14-23)19-32-25-18-22(28(33)31-17-16-20-6-2-1-3-7-20)12-15-27(25)36(35)26-9-5-4-8-24(26)29(32)34/h4-6,8-15,18H,1-3,7,16-17,19H2,(H,31,33)/t36-/m0/s1. The predicted octanol–water partition coefficient (Wildman–Crippen LogP) is 6.29. The zero-order valence-electron chi connectivity index (χ0n) is 19.8. The average Bonchev–Trinajstić information content (AvgIpc) is 2.99. The van der Waals surface area contributed by atoms with Crippen molar-refractivity contribution in [3.8, 4) is 0 Å². The Morgan fingerprint density at radius 1 is 1.00 bits per heavy atom. The lowest BCUT2D eigenvalue weighted by Crippen LogP contribution is -2.31. The van der Waals surface area contributed by atoms with Crippen molar-refractivity contribution >= 4 is 39.9 Å². The van der Waals surface area contributed by atoms with Crippen LogP contribution in [-0.2, 0) is 17.3 Å². The molecule has 2 amide bonds. The van der Waals surface area contributed by atoms with E-state index in [9.17, 15) is 13.8 Å². The third-order valence-corrected chi connectivity index (χ3v) is 8.40. The van der Waals surface area contributed by atoms with Crippen LogP contribution in [0.4, 0.5) is 5.69 Å². The maximum Gasteiger partial charge on any atom is 0.259 e. The van der Waals surface area contributed by atoms with E-state index in [4.69, 9.17) is 11.6 Å². The zero-order valence-corrected chi connectivity index (χ0v) is 21.4. The number of benzene rings is 3. The number of hydrogen-bond acceptors (Lipinski definition) is 3. The number of anilines is 1. The summed E-state index contributed by atoms with van der Waals surface area (Å²) in [5.41, 5.74) is 3.58. The molecule has 5 rings (SSSR count). The van der Waals surface area contributed by atoms with Gasteiger partial charge in [-0.15, -0.1) is 0 Å². The van der Waals surface area contributed by atoms with Crippen LogP contribution >= 0.6 is 11.6 Å². The zero-order chi connectivity index (χ0) is 25.1. The quantitative estimate of drug-likeness (QED) is 0.390. The Bertz CT molecular complexity index is 1370. The molecule has 3 aromatic carbocycles. The van der Waals surface area contributed by atoms with Gasteiger partial charge in [0.05, 0.1) is 38.4 Å². The molecule has 0 bridgehead atoms. The van der Waals surface area contributed by atoms with E-state index >= 15 is 0 Å². The lowest BCUT2D eigenvalue weighted by molar-refractivity contribution is 0.0950. The molecule has 1 atom stereocenters. The molecule has 0 radical (unpaired) electrons. The van der Waals surface area contributed by atoms with Crippen LogP contribution < -0.4 is 10.2 Å². The number of halogens is 1. The smallest absolute Gasteiger partial charge is 0.259 e. The highest BCUT2D eigenvalue weighted by molar-refractivity contribution is 7.85. The summed E-state index contributed by atoms with van der Waals surface area (Å²) in [6.07, 6.45) is 7.79. The summed E-state index contributed by atoms with van der Waals surface area (Å²) in [6, 6.07) is 19.3. The minimum Gasteiger partial charge on any atom is -0.352 e. The number of nitrogens with one attached hydrogen (secondary N) is 1. The molecular weight excluding hydrogens is 492 g/mol. The van der Waals surface area contributed by atoms with Crippen LogP contribution in [0.1, 0.15) is 58.4 Å². The van der Waals surface area contributed by atoms with Gasteiger partial charge < -0.3 is 10.2 Å². The number of allylic oxidation sites excluding steroid dienone is 1. The van der Waals surface area contributed by atoms with Crippen LogP contribution in [0.5, 0.6) is 0 Å². The van der Waals surface area contributed by atoms with Gasteiger partial charge in [-0.3, -0.25) is 9.59 Å². The van der Waals surface area contributed by atoms with E-state index in [1.165, 1.54) is 18.4 Å². The molecule has 0 fully saturated rings. The van der Waals surface area contributed by atoms with Gasteiger partial charge in [0.1, 0.15) is 0 Å². The average molecular weight is 519 g/mol. The Morgan fingerprint density at radius 3 is 2.58 bits per heavy atom. The fourth-order valence-corrected chi connectivity index (χ4v) is 6.18. The minimum absolute atomic E-state index is 0.208. The number of amides is 2. The summed E-state index contributed by atoms with van der Waals surface area (Å²) in [5, 5.41) is 3.61. The van der Waals surface area contributed by atoms with Crippen LogP contribution in [0.15, 0.2) is 88.2 Å². The molecule has 0 saturated carbocycles. The van der Waals surface area contributed by atoms with Gasteiger partial charge in [0.2, 0.25) is 0 Å². The molecule has 184 valence electrons. The van der Waals surface area contributed by atoms with Gasteiger partial charge in [-0.05, 0) is 80.1 Å². The molecule has 0 aromatic heterocycles.